The second-order valence-electron chi connectivity index (χ2n) is 4.72. The Bertz CT molecular complexity index is 329. The summed E-state index contributed by atoms with van der Waals surface area (Å²) in [6.45, 7) is 2.86. The van der Waals surface area contributed by atoms with Crippen LogP contribution in [0.15, 0.2) is 0 Å². The van der Waals surface area contributed by atoms with E-state index in [2.05, 4.69) is 10.2 Å². The molecule has 16 heavy (non-hydrogen) atoms. The van der Waals surface area contributed by atoms with E-state index in [1.54, 1.807) is 0 Å². The number of aliphatic hydroxyl groups is 1. The van der Waals surface area contributed by atoms with Crippen molar-refractivity contribution in [3.05, 3.63) is 0 Å². The van der Waals surface area contributed by atoms with Gasteiger partial charge in [-0.3, -0.25) is 4.90 Å². The Morgan fingerprint density at radius 2 is 2.25 bits per heavy atom. The van der Waals surface area contributed by atoms with Gasteiger partial charge in [0.05, 0.1) is 11.5 Å². The predicted molar refractivity (Wildman–Crippen MR) is 62.1 cm³/mol. The van der Waals surface area contributed by atoms with Gasteiger partial charge in [-0.05, 0) is 12.8 Å². The van der Waals surface area contributed by atoms with Gasteiger partial charge in [0.1, 0.15) is 0 Å². The van der Waals surface area contributed by atoms with Gasteiger partial charge < -0.3 is 10.4 Å². The van der Waals surface area contributed by atoms with E-state index in [-0.39, 0.29) is 12.6 Å². The van der Waals surface area contributed by atoms with Gasteiger partial charge in [-0.25, -0.2) is 8.42 Å². The van der Waals surface area contributed by atoms with E-state index in [1.165, 1.54) is 0 Å². The second kappa shape index (κ2) is 5.00. The molecule has 5 nitrogen and oxygen atoms in total. The third kappa shape index (κ3) is 2.94. The number of sulfone groups is 1. The first-order valence-corrected chi connectivity index (χ1v) is 7.71. The van der Waals surface area contributed by atoms with Gasteiger partial charge in [0.2, 0.25) is 0 Å². The number of nitrogens with zero attached hydrogens (tertiary/aromatic N) is 1. The van der Waals surface area contributed by atoms with Crippen LogP contribution in [0.2, 0.25) is 0 Å². The van der Waals surface area contributed by atoms with E-state index >= 15 is 0 Å². The minimum Gasteiger partial charge on any atom is -0.396 e. The van der Waals surface area contributed by atoms with E-state index in [4.69, 9.17) is 5.11 Å². The lowest BCUT2D eigenvalue weighted by Gasteiger charge is -2.36. The topological polar surface area (TPSA) is 69.6 Å². The highest BCUT2D eigenvalue weighted by Gasteiger charge is 2.34. The van der Waals surface area contributed by atoms with Crippen LogP contribution in [0.5, 0.6) is 0 Å². The number of hydrogen-bond donors (Lipinski definition) is 2. The van der Waals surface area contributed by atoms with Gasteiger partial charge in [0.15, 0.2) is 9.84 Å². The molecule has 0 bridgehead atoms. The van der Waals surface area contributed by atoms with Gasteiger partial charge in [0, 0.05) is 38.3 Å². The summed E-state index contributed by atoms with van der Waals surface area (Å²) < 4.78 is 22.8. The van der Waals surface area contributed by atoms with Gasteiger partial charge in [-0.15, -0.1) is 0 Å². The summed E-state index contributed by atoms with van der Waals surface area (Å²) in [6, 6.07) is 0.510. The molecule has 2 atom stereocenters. The zero-order valence-electron chi connectivity index (χ0n) is 9.43. The Morgan fingerprint density at radius 3 is 2.88 bits per heavy atom. The van der Waals surface area contributed by atoms with Crippen molar-refractivity contribution in [1.82, 2.24) is 10.2 Å². The number of hydrogen-bond acceptors (Lipinski definition) is 5. The van der Waals surface area contributed by atoms with E-state index < -0.39 is 9.84 Å². The molecular formula is C10H20N2O3S. The summed E-state index contributed by atoms with van der Waals surface area (Å²) >= 11 is 0. The Morgan fingerprint density at radius 1 is 1.44 bits per heavy atom. The molecule has 2 heterocycles. The third-order valence-electron chi connectivity index (χ3n) is 3.49. The van der Waals surface area contributed by atoms with Crippen molar-refractivity contribution in [2.24, 2.45) is 0 Å². The van der Waals surface area contributed by atoms with Crippen molar-refractivity contribution in [3.8, 4) is 0 Å². The van der Waals surface area contributed by atoms with Gasteiger partial charge in [0.25, 0.3) is 0 Å². The molecule has 94 valence electrons. The molecule has 2 rings (SSSR count). The standard InChI is InChI=1S/C10H20N2O3S/c13-5-1-9-7-12(4-3-11-9)10-2-6-16(14,15)8-10/h9-11,13H,1-8H2. The normalized spacial score (nSPS) is 35.3. The molecule has 0 radical (unpaired) electrons. The highest BCUT2D eigenvalue weighted by molar-refractivity contribution is 7.91. The fourth-order valence-corrected chi connectivity index (χ4v) is 4.36. The molecule has 2 N–H and O–H groups in total. The van der Waals surface area contributed by atoms with E-state index in [1.807, 2.05) is 0 Å². The number of piperazine rings is 1. The molecule has 0 aromatic carbocycles. The first-order valence-electron chi connectivity index (χ1n) is 5.89. The average molecular weight is 248 g/mol. The van der Waals surface area contributed by atoms with Gasteiger partial charge >= 0.3 is 0 Å². The smallest absolute Gasteiger partial charge is 0.151 e. The molecule has 2 fully saturated rings. The van der Waals surface area contributed by atoms with Crippen LogP contribution in [0.25, 0.3) is 0 Å². The van der Waals surface area contributed by atoms with Crippen molar-refractivity contribution in [2.45, 2.75) is 24.9 Å². The maximum Gasteiger partial charge on any atom is 0.151 e. The van der Waals surface area contributed by atoms with Crippen LogP contribution in [0.3, 0.4) is 0 Å². The van der Waals surface area contributed by atoms with Crippen LogP contribution < -0.4 is 5.32 Å². The summed E-state index contributed by atoms with van der Waals surface area (Å²) in [5.74, 6) is 0.658. The lowest BCUT2D eigenvalue weighted by atomic mass is 10.1. The van der Waals surface area contributed by atoms with Crippen LogP contribution in [-0.2, 0) is 9.84 Å². The third-order valence-corrected chi connectivity index (χ3v) is 5.24. The number of nitrogens with one attached hydrogen (secondary N) is 1. The Kier molecular flexibility index (Phi) is 3.84. The highest BCUT2D eigenvalue weighted by Crippen LogP contribution is 2.19. The molecule has 0 saturated carbocycles. The van der Waals surface area contributed by atoms with Crippen molar-refractivity contribution in [2.75, 3.05) is 37.7 Å². The van der Waals surface area contributed by atoms with Crippen LogP contribution in [0.4, 0.5) is 0 Å². The van der Waals surface area contributed by atoms with E-state index in [9.17, 15) is 8.42 Å². The Labute approximate surface area is 96.7 Å². The lowest BCUT2D eigenvalue weighted by Crippen LogP contribution is -2.54. The summed E-state index contributed by atoms with van der Waals surface area (Å²) in [4.78, 5) is 2.27. The SMILES string of the molecule is O=S1(=O)CCC(N2CCNC(CCO)C2)C1. The quantitative estimate of drug-likeness (QED) is 0.658. The molecule has 0 amide bonds. The molecule has 0 aromatic heterocycles. The Balaban J connectivity index is 1.90. The second-order valence-corrected chi connectivity index (χ2v) is 6.94. The fourth-order valence-electron chi connectivity index (χ4n) is 2.60. The molecule has 2 unspecified atom stereocenters. The van der Waals surface area contributed by atoms with Crippen molar-refractivity contribution >= 4 is 9.84 Å². The average Bonchev–Trinajstić information content (AvgIpc) is 2.60. The maximum absolute atomic E-state index is 11.4. The molecule has 0 aliphatic carbocycles. The zero-order chi connectivity index (χ0) is 11.6. The fraction of sp³-hybridized carbons (Fsp3) is 1.00. The largest absolute Gasteiger partial charge is 0.396 e. The molecular weight excluding hydrogens is 228 g/mol. The van der Waals surface area contributed by atoms with Crippen LogP contribution in [0, 0.1) is 0 Å². The van der Waals surface area contributed by atoms with Crippen molar-refractivity contribution in [1.29, 1.82) is 0 Å². The summed E-state index contributed by atoms with van der Waals surface area (Å²) in [7, 11) is -2.79. The Hall–Kier alpha value is -0.170. The van der Waals surface area contributed by atoms with Gasteiger partial charge in [-0.2, -0.15) is 0 Å². The number of rotatable bonds is 3. The van der Waals surface area contributed by atoms with Crippen LogP contribution in [0.1, 0.15) is 12.8 Å². The molecule has 2 aliphatic heterocycles. The molecule has 2 saturated heterocycles. The van der Waals surface area contributed by atoms with Crippen molar-refractivity contribution in [3.63, 3.8) is 0 Å². The van der Waals surface area contributed by atoms with Crippen LogP contribution >= 0.6 is 0 Å². The van der Waals surface area contributed by atoms with Gasteiger partial charge in [-0.1, -0.05) is 0 Å². The predicted octanol–water partition coefficient (Wildman–Crippen LogP) is -1.17. The molecule has 0 spiro atoms. The summed E-state index contributed by atoms with van der Waals surface area (Å²) in [5, 5.41) is 12.2. The number of aliphatic hydroxyl groups excluding tert-OH is 1. The minimum absolute atomic E-state index is 0.189. The minimum atomic E-state index is -2.79. The van der Waals surface area contributed by atoms with Crippen molar-refractivity contribution < 1.29 is 13.5 Å². The van der Waals surface area contributed by atoms with E-state index in [0.717, 1.165) is 32.5 Å². The summed E-state index contributed by atoms with van der Waals surface area (Å²) in [6.07, 6.45) is 1.52. The maximum atomic E-state index is 11.4. The lowest BCUT2D eigenvalue weighted by molar-refractivity contribution is 0.139. The zero-order valence-corrected chi connectivity index (χ0v) is 10.2. The molecule has 6 heteroatoms. The first kappa shape index (κ1) is 12.3. The molecule has 0 aromatic rings. The van der Waals surface area contributed by atoms with Crippen LogP contribution in [-0.4, -0.2) is 68.3 Å². The highest BCUT2D eigenvalue weighted by atomic mass is 32.2. The first-order chi connectivity index (χ1) is 7.61. The molecule has 2 aliphatic rings. The monoisotopic (exact) mass is 248 g/mol. The summed E-state index contributed by atoms with van der Waals surface area (Å²) in [5.41, 5.74) is 0. The van der Waals surface area contributed by atoms with E-state index in [0.29, 0.717) is 17.5 Å².